The van der Waals surface area contributed by atoms with Crippen LogP contribution in [0.5, 0.6) is 0 Å². The second-order valence-corrected chi connectivity index (χ2v) is 11.0. The minimum absolute atomic E-state index is 0.0164. The van der Waals surface area contributed by atoms with Crippen LogP contribution in [0.25, 0.3) is 21.7 Å². The van der Waals surface area contributed by atoms with Gasteiger partial charge >= 0.3 is 11.9 Å². The van der Waals surface area contributed by atoms with Crippen LogP contribution in [-0.2, 0) is 36.8 Å². The average molecular weight is 634 g/mol. The highest BCUT2D eigenvalue weighted by molar-refractivity contribution is 7.80. The number of carboxylic acid groups (broad SMARTS) is 2. The topological polar surface area (TPSA) is 204 Å². The lowest BCUT2D eigenvalue weighted by molar-refractivity contribution is -0.141. The number of hydrogen-bond acceptors (Lipinski definition) is 7. The molecule has 3 aromatic carbocycles. The highest BCUT2D eigenvalue weighted by atomic mass is 32.1. The van der Waals surface area contributed by atoms with Crippen molar-refractivity contribution in [2.45, 2.75) is 49.9 Å². The number of thiol groups is 1. The molecule has 236 valence electrons. The molecule has 1 aromatic heterocycles. The highest BCUT2D eigenvalue weighted by Crippen LogP contribution is 2.21. The maximum Gasteiger partial charge on any atom is 0.327 e. The fourth-order valence-corrected chi connectivity index (χ4v) is 5.32. The number of nitrogens with two attached hydrogens (primary N) is 1. The number of carbonyl (C=O) groups is 5. The van der Waals surface area contributed by atoms with Crippen LogP contribution in [0.3, 0.4) is 0 Å². The first-order valence-electron chi connectivity index (χ1n) is 14.3. The first-order chi connectivity index (χ1) is 21.6. The molecule has 0 saturated carbocycles. The molecule has 45 heavy (non-hydrogen) atoms. The van der Waals surface area contributed by atoms with Gasteiger partial charge in [-0.1, -0.05) is 60.7 Å². The van der Waals surface area contributed by atoms with Crippen molar-refractivity contribution in [3.8, 4) is 0 Å². The summed E-state index contributed by atoms with van der Waals surface area (Å²) in [5, 5.41) is 28.9. The van der Waals surface area contributed by atoms with E-state index in [0.29, 0.717) is 5.56 Å². The van der Waals surface area contributed by atoms with Gasteiger partial charge in [-0.2, -0.15) is 12.6 Å². The van der Waals surface area contributed by atoms with Gasteiger partial charge < -0.3 is 36.9 Å². The maximum absolute atomic E-state index is 13.6. The molecule has 1 heterocycles. The van der Waals surface area contributed by atoms with Crippen molar-refractivity contribution in [3.05, 3.63) is 84.1 Å². The van der Waals surface area contributed by atoms with Crippen molar-refractivity contribution in [2.75, 3.05) is 5.75 Å². The number of fused-ring (bicyclic) bond motifs is 2. The van der Waals surface area contributed by atoms with Gasteiger partial charge in [0.2, 0.25) is 17.7 Å². The number of carboxylic acids is 2. The Kier molecular flexibility index (Phi) is 11.2. The van der Waals surface area contributed by atoms with Gasteiger partial charge in [-0.15, -0.1) is 0 Å². The van der Waals surface area contributed by atoms with Crippen molar-refractivity contribution in [3.63, 3.8) is 0 Å². The van der Waals surface area contributed by atoms with E-state index in [2.05, 4.69) is 33.6 Å². The lowest BCUT2D eigenvalue weighted by Crippen LogP contribution is -2.58. The summed E-state index contributed by atoms with van der Waals surface area (Å²) in [6, 6.07) is 15.4. The Morgan fingerprint density at radius 2 is 1.36 bits per heavy atom. The fraction of sp³-hybridized carbons (Fsp3) is 0.281. The smallest absolute Gasteiger partial charge is 0.327 e. The minimum Gasteiger partial charge on any atom is -0.481 e. The number of aromatic amines is 1. The van der Waals surface area contributed by atoms with E-state index in [1.54, 1.807) is 18.3 Å². The van der Waals surface area contributed by atoms with E-state index in [1.165, 1.54) is 0 Å². The second-order valence-electron chi connectivity index (χ2n) is 10.6. The van der Waals surface area contributed by atoms with Gasteiger partial charge in [0.15, 0.2) is 0 Å². The van der Waals surface area contributed by atoms with Crippen molar-refractivity contribution in [1.29, 1.82) is 0 Å². The summed E-state index contributed by atoms with van der Waals surface area (Å²) >= 11 is 4.00. The Bertz CT molecular complexity index is 1700. The Morgan fingerprint density at radius 1 is 0.733 bits per heavy atom. The SMILES string of the molecule is N[C@@H](Cc1c[nH]c2ccccc12)C(=O)N[C@@H](CCC(=O)O)C(=O)N[C@@H](Cc1cccc2ccccc12)C(=O)N[C@@H](CS)C(=O)O. The largest absolute Gasteiger partial charge is 0.481 e. The van der Waals surface area contributed by atoms with Gasteiger partial charge in [-0.3, -0.25) is 19.2 Å². The summed E-state index contributed by atoms with van der Waals surface area (Å²) in [6.45, 7) is 0. The summed E-state index contributed by atoms with van der Waals surface area (Å²) in [4.78, 5) is 66.2. The number of aromatic nitrogens is 1. The maximum atomic E-state index is 13.6. The van der Waals surface area contributed by atoms with Crippen LogP contribution in [0.4, 0.5) is 0 Å². The molecule has 4 atom stereocenters. The number of rotatable bonds is 15. The number of hydrogen-bond donors (Lipinski definition) is 8. The van der Waals surface area contributed by atoms with E-state index in [0.717, 1.165) is 27.2 Å². The first-order valence-corrected chi connectivity index (χ1v) is 14.9. The summed E-state index contributed by atoms with van der Waals surface area (Å²) in [7, 11) is 0. The van der Waals surface area contributed by atoms with Crippen molar-refractivity contribution in [2.24, 2.45) is 5.73 Å². The standard InChI is InChI=1S/C32H35N5O7S/c33-23(14-20-16-34-24-11-4-3-10-22(20)24)29(40)35-25(12-13-28(38)39)30(41)36-26(31(42)37-27(17-45)32(43)44)15-19-8-5-7-18-6-1-2-9-21(18)19/h1-11,16,23,25-27,34,45H,12-15,17,33H2,(H,35,40)(H,36,41)(H,37,42)(H,38,39)(H,43,44)/t23-,25-,26-,27-/m0/s1. The average Bonchev–Trinajstić information content (AvgIpc) is 3.43. The summed E-state index contributed by atoms with van der Waals surface area (Å²) < 4.78 is 0. The van der Waals surface area contributed by atoms with Crippen LogP contribution in [0.1, 0.15) is 24.0 Å². The highest BCUT2D eigenvalue weighted by Gasteiger charge is 2.31. The van der Waals surface area contributed by atoms with Crippen molar-refractivity contribution >= 4 is 64.0 Å². The summed E-state index contributed by atoms with van der Waals surface area (Å²) in [6.07, 6.45) is 1.16. The molecule has 0 aliphatic heterocycles. The zero-order valence-electron chi connectivity index (χ0n) is 24.2. The molecule has 13 heteroatoms. The molecule has 12 nitrogen and oxygen atoms in total. The molecule has 0 bridgehead atoms. The number of benzene rings is 3. The van der Waals surface area contributed by atoms with Crippen molar-refractivity contribution < 1.29 is 34.2 Å². The van der Waals surface area contributed by atoms with E-state index in [4.69, 9.17) is 5.73 Å². The Labute approximate surface area is 264 Å². The molecule has 0 saturated heterocycles. The number of aliphatic carboxylic acids is 2. The molecule has 4 aromatic rings. The molecule has 0 spiro atoms. The zero-order valence-corrected chi connectivity index (χ0v) is 25.1. The normalized spacial score (nSPS) is 13.8. The summed E-state index contributed by atoms with van der Waals surface area (Å²) in [5.41, 5.74) is 8.58. The van der Waals surface area contributed by atoms with Crippen LogP contribution in [-0.4, -0.2) is 74.8 Å². The van der Waals surface area contributed by atoms with E-state index >= 15 is 0 Å². The second kappa shape index (κ2) is 15.2. The van der Waals surface area contributed by atoms with Crippen LogP contribution in [0.2, 0.25) is 0 Å². The molecule has 0 aliphatic carbocycles. The van der Waals surface area contributed by atoms with Crippen LogP contribution >= 0.6 is 12.6 Å². The molecule has 0 aliphatic rings. The first kappa shape index (κ1) is 33.0. The Morgan fingerprint density at radius 3 is 2.07 bits per heavy atom. The molecule has 0 unspecified atom stereocenters. The predicted molar refractivity (Wildman–Crippen MR) is 172 cm³/mol. The number of amides is 3. The molecule has 8 N–H and O–H groups in total. The quantitative estimate of drug-likeness (QED) is 0.0904. The third-order valence-electron chi connectivity index (χ3n) is 7.47. The van der Waals surface area contributed by atoms with Crippen molar-refractivity contribution in [1.82, 2.24) is 20.9 Å². The van der Waals surface area contributed by atoms with E-state index < -0.39 is 60.2 Å². The number of H-pyrrole nitrogens is 1. The number of nitrogens with one attached hydrogen (secondary N) is 4. The van der Waals surface area contributed by atoms with Gasteiger partial charge in [0, 0.05) is 35.7 Å². The van der Waals surface area contributed by atoms with Crippen LogP contribution < -0.4 is 21.7 Å². The van der Waals surface area contributed by atoms with Crippen LogP contribution in [0, 0.1) is 0 Å². The number of para-hydroxylation sites is 1. The molecular formula is C32H35N5O7S. The molecule has 4 rings (SSSR count). The molecule has 0 fully saturated rings. The van der Waals surface area contributed by atoms with Gasteiger partial charge in [-0.05, 0) is 40.8 Å². The lowest BCUT2D eigenvalue weighted by Gasteiger charge is -2.25. The van der Waals surface area contributed by atoms with Gasteiger partial charge in [0.05, 0.1) is 6.04 Å². The van der Waals surface area contributed by atoms with Gasteiger partial charge in [0.1, 0.15) is 18.1 Å². The van der Waals surface area contributed by atoms with Crippen LogP contribution in [0.15, 0.2) is 72.9 Å². The predicted octanol–water partition coefficient (Wildman–Crippen LogP) is 1.77. The Balaban J connectivity index is 1.55. The lowest BCUT2D eigenvalue weighted by atomic mass is 9.97. The molecule has 3 amide bonds. The zero-order chi connectivity index (χ0) is 32.5. The van der Waals surface area contributed by atoms with Gasteiger partial charge in [0.25, 0.3) is 0 Å². The monoisotopic (exact) mass is 633 g/mol. The number of carbonyl (C=O) groups excluding carboxylic acids is 3. The summed E-state index contributed by atoms with van der Waals surface area (Å²) in [5.74, 6) is -4.96. The molecule has 0 radical (unpaired) electrons. The van der Waals surface area contributed by atoms with Gasteiger partial charge in [-0.25, -0.2) is 4.79 Å². The fourth-order valence-electron chi connectivity index (χ4n) is 5.08. The minimum atomic E-state index is -1.34. The van der Waals surface area contributed by atoms with E-state index in [1.807, 2.05) is 54.6 Å². The third-order valence-corrected chi connectivity index (χ3v) is 7.83. The van der Waals surface area contributed by atoms with E-state index in [-0.39, 0.29) is 25.0 Å². The Hall–Kier alpha value is -4.88. The molecular weight excluding hydrogens is 598 g/mol. The van der Waals surface area contributed by atoms with E-state index in [9.17, 15) is 34.2 Å². The third kappa shape index (κ3) is 8.61.